The van der Waals surface area contributed by atoms with Gasteiger partial charge in [0.05, 0.1) is 22.1 Å². The van der Waals surface area contributed by atoms with Gasteiger partial charge in [0.15, 0.2) is 0 Å². The van der Waals surface area contributed by atoms with Crippen molar-refractivity contribution in [1.82, 2.24) is 9.88 Å². The highest BCUT2D eigenvalue weighted by molar-refractivity contribution is 8.18. The first-order chi connectivity index (χ1) is 14.9. The van der Waals surface area contributed by atoms with Crippen LogP contribution in [-0.4, -0.2) is 46.1 Å². The third kappa shape index (κ3) is 5.71. The Hall–Kier alpha value is -3.17. The van der Waals surface area contributed by atoms with Gasteiger partial charge >= 0.3 is 5.97 Å². The molecule has 1 N–H and O–H groups in total. The van der Waals surface area contributed by atoms with Gasteiger partial charge in [0.1, 0.15) is 6.54 Å². The molecule has 1 aliphatic heterocycles. The smallest absolute Gasteiger partial charge is 0.339 e. The Morgan fingerprint density at radius 3 is 2.81 bits per heavy atom. The summed E-state index contributed by atoms with van der Waals surface area (Å²) in [6, 6.07) is 7.80. The van der Waals surface area contributed by atoms with Crippen LogP contribution in [0.25, 0.3) is 6.08 Å². The monoisotopic (exact) mass is 459 g/mol. The quantitative estimate of drug-likeness (QED) is 0.493. The molecule has 10 heteroatoms. The number of halogens is 1. The van der Waals surface area contributed by atoms with E-state index in [1.165, 1.54) is 18.2 Å². The van der Waals surface area contributed by atoms with Crippen LogP contribution in [0, 0.1) is 0 Å². The molecular weight excluding hydrogens is 442 g/mol. The van der Waals surface area contributed by atoms with E-state index in [9.17, 15) is 19.2 Å². The molecule has 1 aromatic heterocycles. The molecule has 0 unspecified atom stereocenters. The summed E-state index contributed by atoms with van der Waals surface area (Å²) in [6.45, 7) is 1.65. The maximum absolute atomic E-state index is 12.5. The van der Waals surface area contributed by atoms with Crippen LogP contribution in [0.2, 0.25) is 5.02 Å². The maximum atomic E-state index is 12.5. The van der Waals surface area contributed by atoms with Crippen LogP contribution in [0.1, 0.15) is 29.3 Å². The number of aromatic nitrogens is 1. The predicted molar refractivity (Wildman–Crippen MR) is 118 cm³/mol. The van der Waals surface area contributed by atoms with Crippen molar-refractivity contribution in [3.05, 3.63) is 63.8 Å². The number of nitrogens with zero attached hydrogens (tertiary/aromatic N) is 2. The normalized spacial score (nSPS) is 14.8. The van der Waals surface area contributed by atoms with E-state index in [0.717, 1.165) is 16.7 Å². The molecule has 0 spiro atoms. The minimum Gasteiger partial charge on any atom is -0.462 e. The third-order valence-corrected chi connectivity index (χ3v) is 5.30. The van der Waals surface area contributed by atoms with Crippen LogP contribution < -0.4 is 5.32 Å². The van der Waals surface area contributed by atoms with Crippen LogP contribution in [0.4, 0.5) is 10.5 Å². The number of hydrogen-bond donors (Lipinski definition) is 1. The summed E-state index contributed by atoms with van der Waals surface area (Å²) < 4.78 is 5.07. The van der Waals surface area contributed by atoms with Gasteiger partial charge in [0.25, 0.3) is 11.1 Å². The standard InChI is InChI=1S/C21H18ClN3O5S/c1-2-8-30-20(28)15-10-14(5-6-16(15)22)24-18(26)12-25-19(27)17(31-21(25)29)9-13-4-3-7-23-11-13/h3-7,9-11H,2,8,12H2,1H3,(H,24,26)/b17-9+. The minimum atomic E-state index is -0.602. The van der Waals surface area contributed by atoms with Crippen molar-refractivity contribution in [3.8, 4) is 0 Å². The van der Waals surface area contributed by atoms with E-state index in [0.29, 0.717) is 12.0 Å². The number of imide groups is 1. The first kappa shape index (κ1) is 22.5. The van der Waals surface area contributed by atoms with Gasteiger partial charge in [0, 0.05) is 18.1 Å². The number of thioether (sulfide) groups is 1. The largest absolute Gasteiger partial charge is 0.462 e. The van der Waals surface area contributed by atoms with Gasteiger partial charge in [0.2, 0.25) is 5.91 Å². The Morgan fingerprint density at radius 1 is 1.29 bits per heavy atom. The summed E-state index contributed by atoms with van der Waals surface area (Å²) in [6.07, 6.45) is 5.36. The summed E-state index contributed by atoms with van der Waals surface area (Å²) >= 11 is 6.79. The first-order valence-electron chi connectivity index (χ1n) is 9.31. The Kier molecular flexibility index (Phi) is 7.43. The van der Waals surface area contributed by atoms with Gasteiger partial charge in [-0.1, -0.05) is 24.6 Å². The minimum absolute atomic E-state index is 0.110. The topological polar surface area (TPSA) is 106 Å². The van der Waals surface area contributed by atoms with Crippen LogP contribution in [0.3, 0.4) is 0 Å². The lowest BCUT2D eigenvalue weighted by Gasteiger charge is -2.13. The number of carbonyl (C=O) groups is 4. The van der Waals surface area contributed by atoms with Crippen LogP contribution in [-0.2, 0) is 14.3 Å². The molecule has 3 amide bonds. The van der Waals surface area contributed by atoms with Crippen LogP contribution >= 0.6 is 23.4 Å². The molecule has 1 fully saturated rings. The van der Waals surface area contributed by atoms with Gasteiger partial charge < -0.3 is 10.1 Å². The average Bonchev–Trinajstić information content (AvgIpc) is 3.01. The number of nitrogens with one attached hydrogen (secondary N) is 1. The third-order valence-electron chi connectivity index (χ3n) is 4.06. The molecule has 2 aromatic rings. The molecule has 31 heavy (non-hydrogen) atoms. The summed E-state index contributed by atoms with van der Waals surface area (Å²) in [5, 5.41) is 2.20. The van der Waals surface area contributed by atoms with E-state index in [-0.39, 0.29) is 27.8 Å². The fourth-order valence-electron chi connectivity index (χ4n) is 2.63. The van der Waals surface area contributed by atoms with Gasteiger partial charge in [-0.25, -0.2) is 4.79 Å². The second kappa shape index (κ2) is 10.2. The number of esters is 1. The molecule has 3 rings (SSSR count). The first-order valence-corrected chi connectivity index (χ1v) is 10.5. The Balaban J connectivity index is 1.67. The number of rotatable bonds is 7. The van der Waals surface area contributed by atoms with Crippen molar-refractivity contribution in [1.29, 1.82) is 0 Å². The summed E-state index contributed by atoms with van der Waals surface area (Å²) in [7, 11) is 0. The zero-order chi connectivity index (χ0) is 22.4. The van der Waals surface area contributed by atoms with Crippen molar-refractivity contribution in [2.75, 3.05) is 18.5 Å². The van der Waals surface area contributed by atoms with E-state index < -0.39 is 29.6 Å². The molecule has 0 bridgehead atoms. The molecule has 1 aromatic carbocycles. The second-order valence-electron chi connectivity index (χ2n) is 6.43. The number of anilines is 1. The molecule has 160 valence electrons. The van der Waals surface area contributed by atoms with Gasteiger partial charge in [-0.3, -0.25) is 24.3 Å². The molecule has 0 atom stereocenters. The summed E-state index contributed by atoms with van der Waals surface area (Å²) in [4.78, 5) is 54.3. The van der Waals surface area contributed by atoms with Crippen LogP contribution in [0.5, 0.6) is 0 Å². The SMILES string of the molecule is CCCOC(=O)c1cc(NC(=O)CN2C(=O)S/C(=C/c3cccnc3)C2=O)ccc1Cl. The zero-order valence-electron chi connectivity index (χ0n) is 16.5. The highest BCUT2D eigenvalue weighted by atomic mass is 35.5. The van der Waals surface area contributed by atoms with Gasteiger partial charge in [-0.05, 0) is 54.1 Å². The molecular formula is C21H18ClN3O5S. The van der Waals surface area contributed by atoms with Crippen molar-refractivity contribution < 1.29 is 23.9 Å². The number of pyridine rings is 1. The molecule has 1 saturated heterocycles. The summed E-state index contributed by atoms with van der Waals surface area (Å²) in [5.74, 6) is -1.76. The van der Waals surface area contributed by atoms with Gasteiger partial charge in [-0.2, -0.15) is 0 Å². The number of ether oxygens (including phenoxy) is 1. The fourth-order valence-corrected chi connectivity index (χ4v) is 3.66. The lowest BCUT2D eigenvalue weighted by molar-refractivity contribution is -0.127. The van der Waals surface area contributed by atoms with E-state index >= 15 is 0 Å². The van der Waals surface area contributed by atoms with Crippen molar-refractivity contribution in [2.45, 2.75) is 13.3 Å². The lowest BCUT2D eigenvalue weighted by Crippen LogP contribution is -2.36. The van der Waals surface area contributed by atoms with Gasteiger partial charge in [-0.15, -0.1) is 0 Å². The Bertz CT molecular complexity index is 1060. The number of amides is 3. The van der Waals surface area contributed by atoms with Crippen molar-refractivity contribution in [2.24, 2.45) is 0 Å². The predicted octanol–water partition coefficient (Wildman–Crippen LogP) is 3.98. The average molecular weight is 460 g/mol. The van der Waals surface area contributed by atoms with E-state index in [4.69, 9.17) is 16.3 Å². The number of hydrogen-bond acceptors (Lipinski definition) is 7. The molecule has 0 radical (unpaired) electrons. The molecule has 2 heterocycles. The number of benzene rings is 1. The van der Waals surface area contributed by atoms with Crippen LogP contribution in [0.15, 0.2) is 47.6 Å². The Morgan fingerprint density at radius 2 is 2.10 bits per heavy atom. The molecule has 1 aliphatic rings. The lowest BCUT2D eigenvalue weighted by atomic mass is 10.2. The maximum Gasteiger partial charge on any atom is 0.339 e. The van der Waals surface area contributed by atoms with E-state index in [1.54, 1.807) is 30.6 Å². The van der Waals surface area contributed by atoms with E-state index in [1.807, 2.05) is 6.92 Å². The second-order valence-corrected chi connectivity index (χ2v) is 7.83. The summed E-state index contributed by atoms with van der Waals surface area (Å²) in [5.41, 5.74) is 1.07. The zero-order valence-corrected chi connectivity index (χ0v) is 18.0. The van der Waals surface area contributed by atoms with Crippen molar-refractivity contribution >= 4 is 58.1 Å². The van der Waals surface area contributed by atoms with Crippen molar-refractivity contribution in [3.63, 3.8) is 0 Å². The highest BCUT2D eigenvalue weighted by Gasteiger charge is 2.36. The molecule has 8 nitrogen and oxygen atoms in total. The number of carbonyl (C=O) groups excluding carboxylic acids is 4. The molecule has 0 saturated carbocycles. The van der Waals surface area contributed by atoms with E-state index in [2.05, 4.69) is 10.3 Å². The highest BCUT2D eigenvalue weighted by Crippen LogP contribution is 2.32. The Labute approximate surface area is 187 Å². The molecule has 0 aliphatic carbocycles. The fraction of sp³-hybridized carbons (Fsp3) is 0.190.